The summed E-state index contributed by atoms with van der Waals surface area (Å²) in [6, 6.07) is 4.23. The summed E-state index contributed by atoms with van der Waals surface area (Å²) >= 11 is 0. The molecule has 2 saturated heterocycles. The fraction of sp³-hybridized carbons (Fsp3) is 0.556. The number of likely N-dealkylation sites (N-methyl/N-ethyl adjacent to an activating group) is 1. The number of carboxylic acid groups (broad SMARTS) is 1. The molecule has 1 atom stereocenters. The van der Waals surface area contributed by atoms with Crippen molar-refractivity contribution in [3.05, 3.63) is 23.8 Å². The van der Waals surface area contributed by atoms with Crippen LogP contribution in [0, 0.1) is 11.6 Å². The Morgan fingerprint density at radius 1 is 1.29 bits per heavy atom. The van der Waals surface area contributed by atoms with Crippen LogP contribution in [0.15, 0.2) is 12.1 Å². The van der Waals surface area contributed by atoms with Crippen LogP contribution in [0.2, 0.25) is 25.2 Å². The molecule has 7 nitrogen and oxygen atoms in total. The molecule has 2 fully saturated rings. The summed E-state index contributed by atoms with van der Waals surface area (Å²) in [5.41, 5.74) is 0.0129. The molecule has 0 radical (unpaired) electrons. The first-order chi connectivity index (χ1) is 13.1. The van der Waals surface area contributed by atoms with Crippen molar-refractivity contribution in [1.82, 2.24) is 4.90 Å². The van der Waals surface area contributed by atoms with E-state index in [1.807, 2.05) is 0 Å². The Balaban J connectivity index is 1.75. The highest BCUT2D eigenvalue weighted by atomic mass is 28.3. The molecular weight excluding hydrogens is 388 g/mol. The number of cyclic esters (lactones) is 1. The van der Waals surface area contributed by atoms with Crippen molar-refractivity contribution in [2.45, 2.75) is 31.3 Å². The van der Waals surface area contributed by atoms with Gasteiger partial charge >= 0.3 is 12.2 Å². The minimum atomic E-state index is -1.27. The third-order valence-electron chi connectivity index (χ3n) is 5.42. The molecule has 2 heterocycles. The summed E-state index contributed by atoms with van der Waals surface area (Å²) in [6.07, 6.45) is -2.60. The molecular formula is C18H25F2N3O4Si. The van der Waals surface area contributed by atoms with Crippen LogP contribution >= 0.6 is 0 Å². The Labute approximate surface area is 163 Å². The fourth-order valence-electron chi connectivity index (χ4n) is 3.56. The average molecular weight is 413 g/mol. The minimum Gasteiger partial charge on any atom is -0.465 e. The predicted octanol–water partition coefficient (Wildman–Crippen LogP) is 3.43. The van der Waals surface area contributed by atoms with Crippen molar-refractivity contribution in [3.8, 4) is 0 Å². The Kier molecular flexibility index (Phi) is 5.51. The first-order valence-corrected chi connectivity index (χ1v) is 12.6. The largest absolute Gasteiger partial charge is 0.465 e. The van der Waals surface area contributed by atoms with Gasteiger partial charge in [0.25, 0.3) is 0 Å². The molecule has 2 amide bonds. The molecule has 1 aromatic carbocycles. The number of nitrogens with zero attached hydrogens (tertiary/aromatic N) is 3. The Bertz CT molecular complexity index is 759. The molecule has 0 saturated carbocycles. The van der Waals surface area contributed by atoms with Crippen LogP contribution in [0.25, 0.3) is 0 Å². The molecule has 1 aromatic rings. The number of ether oxygens (including phenoxy) is 1. The van der Waals surface area contributed by atoms with Gasteiger partial charge in [0.15, 0.2) is 11.6 Å². The van der Waals surface area contributed by atoms with E-state index in [0.717, 1.165) is 34.0 Å². The van der Waals surface area contributed by atoms with Crippen LogP contribution in [-0.2, 0) is 4.74 Å². The number of carbonyl (C=O) groups is 2. The van der Waals surface area contributed by atoms with Gasteiger partial charge in [0.05, 0.1) is 26.9 Å². The van der Waals surface area contributed by atoms with Crippen molar-refractivity contribution in [3.63, 3.8) is 0 Å². The summed E-state index contributed by atoms with van der Waals surface area (Å²) in [4.78, 5) is 26.9. The molecule has 0 aliphatic carbocycles. The molecule has 28 heavy (non-hydrogen) atoms. The molecule has 2 aliphatic rings. The van der Waals surface area contributed by atoms with Gasteiger partial charge in [0, 0.05) is 32.3 Å². The summed E-state index contributed by atoms with van der Waals surface area (Å²) < 4.78 is 34.6. The molecule has 1 N–H and O–H groups in total. The topological polar surface area (TPSA) is 73.3 Å². The monoisotopic (exact) mass is 413 g/mol. The minimum absolute atomic E-state index is 0.0198. The second kappa shape index (κ2) is 7.57. The summed E-state index contributed by atoms with van der Waals surface area (Å²) in [5.74, 6) is -1.43. The smallest absolute Gasteiger partial charge is 0.414 e. The van der Waals surface area contributed by atoms with Crippen LogP contribution in [0.3, 0.4) is 0 Å². The normalized spacial score (nSPS) is 21.6. The fourth-order valence-corrected chi connectivity index (χ4v) is 5.56. The van der Waals surface area contributed by atoms with E-state index in [0.29, 0.717) is 13.1 Å². The lowest BCUT2D eigenvalue weighted by Gasteiger charge is -2.37. The quantitative estimate of drug-likeness (QED) is 0.766. The van der Waals surface area contributed by atoms with Gasteiger partial charge < -0.3 is 19.6 Å². The van der Waals surface area contributed by atoms with Crippen LogP contribution in [0.1, 0.15) is 0 Å². The van der Waals surface area contributed by atoms with Crippen molar-refractivity contribution in [1.29, 1.82) is 0 Å². The van der Waals surface area contributed by atoms with Crippen molar-refractivity contribution < 1.29 is 28.2 Å². The highest BCUT2D eigenvalue weighted by molar-refractivity contribution is 6.77. The number of carbonyl (C=O) groups excluding carboxylic acids is 1. The summed E-state index contributed by atoms with van der Waals surface area (Å²) in [7, 11) is 0.0846. The van der Waals surface area contributed by atoms with Gasteiger partial charge in [-0.1, -0.05) is 13.1 Å². The second-order valence-corrected chi connectivity index (χ2v) is 13.5. The van der Waals surface area contributed by atoms with E-state index >= 15 is 0 Å². The molecule has 3 rings (SSSR count). The van der Waals surface area contributed by atoms with Crippen LogP contribution in [0.5, 0.6) is 0 Å². The van der Waals surface area contributed by atoms with Gasteiger partial charge in [-0.15, -0.1) is 0 Å². The third kappa shape index (κ3) is 4.21. The molecule has 0 unspecified atom stereocenters. The molecule has 0 aromatic heterocycles. The van der Waals surface area contributed by atoms with Crippen LogP contribution in [0.4, 0.5) is 29.7 Å². The number of anilines is 2. The SMILES string of the molecule is CN(C[C@H]1CN(c2cc(F)c(N3CC[Si](C)(C)CC3)c(F)c2)C(=O)O1)C(=O)O. The van der Waals surface area contributed by atoms with E-state index in [2.05, 4.69) is 13.1 Å². The van der Waals surface area contributed by atoms with E-state index in [1.54, 1.807) is 4.90 Å². The lowest BCUT2D eigenvalue weighted by Crippen LogP contribution is -2.43. The highest BCUT2D eigenvalue weighted by Crippen LogP contribution is 2.34. The van der Waals surface area contributed by atoms with Gasteiger partial charge in [0.1, 0.15) is 11.8 Å². The molecule has 154 valence electrons. The Morgan fingerprint density at radius 2 is 1.86 bits per heavy atom. The van der Waals surface area contributed by atoms with Crippen LogP contribution < -0.4 is 9.80 Å². The maximum Gasteiger partial charge on any atom is 0.414 e. The van der Waals surface area contributed by atoms with E-state index < -0.39 is 38.0 Å². The number of benzene rings is 1. The van der Waals surface area contributed by atoms with Crippen molar-refractivity contribution in [2.75, 3.05) is 43.0 Å². The third-order valence-corrected chi connectivity index (χ3v) is 8.58. The molecule has 2 aliphatic heterocycles. The van der Waals surface area contributed by atoms with Gasteiger partial charge in [-0.2, -0.15) is 0 Å². The number of amides is 2. The van der Waals surface area contributed by atoms with E-state index in [1.165, 1.54) is 7.05 Å². The predicted molar refractivity (Wildman–Crippen MR) is 104 cm³/mol. The zero-order valence-electron chi connectivity index (χ0n) is 16.2. The molecule has 0 bridgehead atoms. The zero-order valence-corrected chi connectivity index (χ0v) is 17.2. The van der Waals surface area contributed by atoms with Gasteiger partial charge in [0.2, 0.25) is 0 Å². The summed E-state index contributed by atoms with van der Waals surface area (Å²) in [5, 5.41) is 8.92. The molecule has 0 spiro atoms. The molecule has 10 heteroatoms. The Hall–Kier alpha value is -2.36. The van der Waals surface area contributed by atoms with E-state index in [-0.39, 0.29) is 24.5 Å². The number of hydrogen-bond acceptors (Lipinski definition) is 4. The lowest BCUT2D eigenvalue weighted by molar-refractivity contribution is 0.106. The highest BCUT2D eigenvalue weighted by Gasteiger charge is 2.35. The van der Waals surface area contributed by atoms with Gasteiger partial charge in [-0.3, -0.25) is 4.90 Å². The standard InChI is InChI=1S/C18H25F2N3O4Si/c1-21(17(24)25)10-13-11-23(18(26)27-13)12-8-14(19)16(15(20)9-12)22-4-6-28(2,3)7-5-22/h8-9,13H,4-7,10-11H2,1-3H3,(H,24,25)/t13-/m0/s1. The first kappa shape index (κ1) is 20.4. The first-order valence-electron chi connectivity index (χ1n) is 9.23. The number of halogens is 2. The Morgan fingerprint density at radius 3 is 2.39 bits per heavy atom. The maximum absolute atomic E-state index is 14.7. The summed E-state index contributed by atoms with van der Waals surface area (Å²) in [6.45, 7) is 5.81. The van der Waals surface area contributed by atoms with Crippen LogP contribution in [-0.4, -0.2) is 69.6 Å². The second-order valence-electron chi connectivity index (χ2n) is 8.19. The van der Waals surface area contributed by atoms with Crippen molar-refractivity contribution >= 4 is 31.6 Å². The van der Waals surface area contributed by atoms with E-state index in [9.17, 15) is 18.4 Å². The van der Waals surface area contributed by atoms with Crippen molar-refractivity contribution in [2.24, 2.45) is 0 Å². The van der Waals surface area contributed by atoms with E-state index in [4.69, 9.17) is 9.84 Å². The maximum atomic E-state index is 14.7. The number of rotatable bonds is 4. The average Bonchev–Trinajstić information content (AvgIpc) is 2.95. The van der Waals surface area contributed by atoms with Gasteiger partial charge in [-0.05, 0) is 12.1 Å². The lowest BCUT2D eigenvalue weighted by atomic mass is 10.2. The zero-order chi connectivity index (χ0) is 20.6. The number of hydrogen-bond donors (Lipinski definition) is 1. The van der Waals surface area contributed by atoms with Gasteiger partial charge in [-0.25, -0.2) is 18.4 Å².